The van der Waals surface area contributed by atoms with Gasteiger partial charge in [0.25, 0.3) is 0 Å². The summed E-state index contributed by atoms with van der Waals surface area (Å²) in [6.45, 7) is 7.01. The van der Waals surface area contributed by atoms with E-state index in [2.05, 4.69) is 43.0 Å². The van der Waals surface area contributed by atoms with Crippen LogP contribution in [0.15, 0.2) is 24.3 Å². The highest BCUT2D eigenvalue weighted by Gasteiger charge is 2.18. The maximum absolute atomic E-state index is 5.28. The molecule has 0 N–H and O–H groups in total. The second-order valence-corrected chi connectivity index (χ2v) is 6.83. The number of hydrogen-bond donors (Lipinski definition) is 0. The Balaban J connectivity index is 2.02. The molecule has 0 amide bonds. The maximum Gasteiger partial charge on any atom is 0.119 e. The lowest BCUT2D eigenvalue weighted by Crippen LogP contribution is -2.32. The molecule has 0 saturated heterocycles. The Hall–Kier alpha value is -1.18. The normalized spacial score (nSPS) is 16.2. The van der Waals surface area contributed by atoms with Gasteiger partial charge in [-0.2, -0.15) is 0 Å². The fourth-order valence-electron chi connectivity index (χ4n) is 3.21. The molecule has 1 aliphatic rings. The molecule has 1 saturated carbocycles. The van der Waals surface area contributed by atoms with Gasteiger partial charge in [0, 0.05) is 18.8 Å². The van der Waals surface area contributed by atoms with Gasteiger partial charge in [0.05, 0.1) is 7.11 Å². The van der Waals surface area contributed by atoms with E-state index in [4.69, 9.17) is 4.74 Å². The quantitative estimate of drug-likeness (QED) is 0.690. The van der Waals surface area contributed by atoms with Crippen LogP contribution in [0.3, 0.4) is 0 Å². The van der Waals surface area contributed by atoms with Crippen molar-refractivity contribution in [3.8, 4) is 5.75 Å². The lowest BCUT2D eigenvalue weighted by atomic mass is 9.88. The first kappa shape index (κ1) is 16.2. The van der Waals surface area contributed by atoms with Crippen LogP contribution in [0.4, 0.5) is 5.69 Å². The van der Waals surface area contributed by atoms with Crippen LogP contribution in [0.25, 0.3) is 0 Å². The number of nitrogens with zero attached hydrogens (tertiary/aromatic N) is 1. The van der Waals surface area contributed by atoms with Crippen LogP contribution in [-0.2, 0) is 0 Å². The third-order valence-corrected chi connectivity index (χ3v) is 4.62. The van der Waals surface area contributed by atoms with Gasteiger partial charge in [-0.05, 0) is 55.4 Å². The van der Waals surface area contributed by atoms with Gasteiger partial charge >= 0.3 is 0 Å². The van der Waals surface area contributed by atoms with Crippen LogP contribution in [0.1, 0.15) is 52.4 Å². The fourth-order valence-corrected chi connectivity index (χ4v) is 3.21. The Labute approximate surface area is 130 Å². The minimum absolute atomic E-state index is 0.761. The predicted molar refractivity (Wildman–Crippen MR) is 91.2 cm³/mol. The summed E-state index contributed by atoms with van der Waals surface area (Å²) in [4.78, 5) is 2.59. The van der Waals surface area contributed by atoms with E-state index in [0.29, 0.717) is 0 Å². The Morgan fingerprint density at radius 3 is 2.33 bits per heavy atom. The third-order valence-electron chi connectivity index (χ3n) is 4.62. The summed E-state index contributed by atoms with van der Waals surface area (Å²) in [6.07, 6.45) is 8.36. The van der Waals surface area contributed by atoms with Crippen molar-refractivity contribution in [2.45, 2.75) is 52.4 Å². The molecule has 0 aliphatic heterocycles. The average Bonchev–Trinajstić information content (AvgIpc) is 2.52. The van der Waals surface area contributed by atoms with Gasteiger partial charge in [-0.15, -0.1) is 0 Å². The van der Waals surface area contributed by atoms with Gasteiger partial charge in [-0.1, -0.05) is 33.1 Å². The molecular formula is C19H31NO. The molecule has 2 rings (SSSR count). The highest BCUT2D eigenvalue weighted by molar-refractivity contribution is 5.49. The van der Waals surface area contributed by atoms with E-state index < -0.39 is 0 Å². The van der Waals surface area contributed by atoms with Crippen molar-refractivity contribution in [1.29, 1.82) is 0 Å². The van der Waals surface area contributed by atoms with Crippen molar-refractivity contribution >= 4 is 5.69 Å². The number of hydrogen-bond acceptors (Lipinski definition) is 2. The number of methoxy groups -OCH3 is 1. The van der Waals surface area contributed by atoms with Gasteiger partial charge in [0.2, 0.25) is 0 Å². The smallest absolute Gasteiger partial charge is 0.119 e. The standard InChI is InChI=1S/C19H31NO/c1-16(2)13-14-20(15-17-7-5-4-6-8-17)18-9-11-19(21-3)12-10-18/h9-12,16-17H,4-8,13-15H2,1-3H3. The SMILES string of the molecule is COc1ccc(N(CCC(C)C)CC2CCCCC2)cc1. The van der Waals surface area contributed by atoms with Gasteiger partial charge in [0.1, 0.15) is 5.75 Å². The van der Waals surface area contributed by atoms with Gasteiger partial charge in [0.15, 0.2) is 0 Å². The number of rotatable bonds is 7. The topological polar surface area (TPSA) is 12.5 Å². The van der Waals surface area contributed by atoms with Crippen molar-refractivity contribution in [1.82, 2.24) is 0 Å². The second kappa shape index (κ2) is 8.31. The maximum atomic E-state index is 5.28. The lowest BCUT2D eigenvalue weighted by molar-refractivity contribution is 0.355. The number of anilines is 1. The zero-order valence-electron chi connectivity index (χ0n) is 14.0. The second-order valence-electron chi connectivity index (χ2n) is 6.83. The highest BCUT2D eigenvalue weighted by Crippen LogP contribution is 2.27. The van der Waals surface area contributed by atoms with Gasteiger partial charge in [-0.3, -0.25) is 0 Å². The molecular weight excluding hydrogens is 258 g/mol. The van der Waals surface area contributed by atoms with Gasteiger partial charge < -0.3 is 9.64 Å². The molecule has 2 heteroatoms. The van der Waals surface area contributed by atoms with E-state index in [1.165, 1.54) is 57.3 Å². The number of ether oxygens (including phenoxy) is 1. The van der Waals surface area contributed by atoms with Crippen LogP contribution in [0.5, 0.6) is 5.75 Å². The summed E-state index contributed by atoms with van der Waals surface area (Å²) in [7, 11) is 1.73. The van der Waals surface area contributed by atoms with Crippen LogP contribution in [-0.4, -0.2) is 20.2 Å². The van der Waals surface area contributed by atoms with Crippen molar-refractivity contribution in [3.63, 3.8) is 0 Å². The molecule has 1 aliphatic carbocycles. The predicted octanol–water partition coefficient (Wildman–Crippen LogP) is 5.13. The minimum atomic E-state index is 0.761. The van der Waals surface area contributed by atoms with Crippen molar-refractivity contribution in [3.05, 3.63) is 24.3 Å². The molecule has 0 radical (unpaired) electrons. The summed E-state index contributed by atoms with van der Waals surface area (Å²) in [6, 6.07) is 8.58. The fraction of sp³-hybridized carbons (Fsp3) is 0.684. The third kappa shape index (κ3) is 5.26. The zero-order chi connectivity index (χ0) is 15.1. The number of benzene rings is 1. The average molecular weight is 289 g/mol. The van der Waals surface area contributed by atoms with Crippen molar-refractivity contribution < 1.29 is 4.74 Å². The minimum Gasteiger partial charge on any atom is -0.497 e. The lowest BCUT2D eigenvalue weighted by Gasteiger charge is -2.32. The van der Waals surface area contributed by atoms with Gasteiger partial charge in [-0.25, -0.2) is 0 Å². The van der Waals surface area contributed by atoms with E-state index in [-0.39, 0.29) is 0 Å². The largest absolute Gasteiger partial charge is 0.497 e. The first-order valence-electron chi connectivity index (χ1n) is 8.58. The summed E-state index contributed by atoms with van der Waals surface area (Å²) < 4.78 is 5.28. The van der Waals surface area contributed by atoms with E-state index in [1.807, 2.05) is 0 Å². The molecule has 21 heavy (non-hydrogen) atoms. The first-order chi connectivity index (χ1) is 10.2. The van der Waals surface area contributed by atoms with E-state index in [9.17, 15) is 0 Å². The van der Waals surface area contributed by atoms with Crippen LogP contribution in [0, 0.1) is 11.8 Å². The molecule has 0 unspecified atom stereocenters. The highest BCUT2D eigenvalue weighted by atomic mass is 16.5. The molecule has 0 aromatic heterocycles. The molecule has 1 aromatic carbocycles. The Kier molecular flexibility index (Phi) is 6.41. The van der Waals surface area contributed by atoms with Crippen LogP contribution >= 0.6 is 0 Å². The van der Waals surface area contributed by atoms with E-state index in [0.717, 1.165) is 17.6 Å². The molecule has 2 nitrogen and oxygen atoms in total. The molecule has 118 valence electrons. The summed E-state index contributed by atoms with van der Waals surface area (Å²) in [5.41, 5.74) is 1.35. The first-order valence-corrected chi connectivity index (χ1v) is 8.58. The molecule has 1 aromatic rings. The monoisotopic (exact) mass is 289 g/mol. The molecule has 1 fully saturated rings. The van der Waals surface area contributed by atoms with Crippen molar-refractivity contribution in [2.75, 3.05) is 25.1 Å². The zero-order valence-corrected chi connectivity index (χ0v) is 14.0. The van der Waals surface area contributed by atoms with E-state index in [1.54, 1.807) is 7.11 Å². The molecule has 0 heterocycles. The van der Waals surface area contributed by atoms with E-state index >= 15 is 0 Å². The molecule has 0 spiro atoms. The summed E-state index contributed by atoms with van der Waals surface area (Å²) >= 11 is 0. The Morgan fingerprint density at radius 1 is 1.10 bits per heavy atom. The molecule has 0 bridgehead atoms. The van der Waals surface area contributed by atoms with Crippen LogP contribution in [0.2, 0.25) is 0 Å². The Bertz CT molecular complexity index is 393. The van der Waals surface area contributed by atoms with Crippen molar-refractivity contribution in [2.24, 2.45) is 11.8 Å². The Morgan fingerprint density at radius 2 is 1.76 bits per heavy atom. The van der Waals surface area contributed by atoms with Crippen LogP contribution < -0.4 is 9.64 Å². The summed E-state index contributed by atoms with van der Waals surface area (Å²) in [5, 5.41) is 0. The summed E-state index contributed by atoms with van der Waals surface area (Å²) in [5.74, 6) is 2.59. The molecule has 0 atom stereocenters.